The van der Waals surface area contributed by atoms with Gasteiger partial charge in [0.2, 0.25) is 0 Å². The van der Waals surface area contributed by atoms with Gasteiger partial charge in [-0.1, -0.05) is 13.8 Å². The molecule has 2 aromatic rings. The first-order chi connectivity index (χ1) is 17.7. The number of aliphatic hydroxyl groups excluding tert-OH is 1. The highest BCUT2D eigenvalue weighted by atomic mass is 16.6. The molecule has 0 aromatic carbocycles. The summed E-state index contributed by atoms with van der Waals surface area (Å²) in [4.78, 5) is 42.0. The molecule has 0 spiro atoms. The van der Waals surface area contributed by atoms with E-state index in [1.807, 2.05) is 5.48 Å². The van der Waals surface area contributed by atoms with E-state index in [9.17, 15) is 14.4 Å². The van der Waals surface area contributed by atoms with Crippen LogP contribution in [0.25, 0.3) is 0 Å². The predicted octanol–water partition coefficient (Wildman–Crippen LogP) is 0.636. The average Bonchev–Trinajstić information content (AvgIpc) is 3.57. The van der Waals surface area contributed by atoms with Crippen LogP contribution in [0.15, 0.2) is 34.1 Å². The largest absolute Gasteiger partial charge is 0.463 e. The second-order valence-corrected chi connectivity index (χ2v) is 8.78. The van der Waals surface area contributed by atoms with Crippen molar-refractivity contribution in [3.05, 3.63) is 45.5 Å². The summed E-state index contributed by atoms with van der Waals surface area (Å²) in [7, 11) is 0. The second-order valence-electron chi connectivity index (χ2n) is 8.78. The minimum absolute atomic E-state index is 0.0467. The minimum atomic E-state index is -0.515. The number of carbonyl (C=O) groups is 1. The molecule has 0 amide bonds. The van der Waals surface area contributed by atoms with Gasteiger partial charge in [-0.15, -0.1) is 0 Å². The van der Waals surface area contributed by atoms with E-state index in [-0.39, 0.29) is 55.2 Å². The Labute approximate surface area is 211 Å². The van der Waals surface area contributed by atoms with Crippen LogP contribution in [0, 0.1) is 5.92 Å². The van der Waals surface area contributed by atoms with Crippen LogP contribution in [0.1, 0.15) is 52.0 Å². The third-order valence-corrected chi connectivity index (χ3v) is 5.77. The topological polar surface area (TPSA) is 199 Å². The molecule has 2 aliphatic rings. The molecule has 5 N–H and O–H groups in total. The second kappa shape index (κ2) is 13.3. The number of aromatic nitrogens is 4. The van der Waals surface area contributed by atoms with E-state index in [0.717, 1.165) is 0 Å². The van der Waals surface area contributed by atoms with Crippen LogP contribution in [0.5, 0.6) is 0 Å². The molecule has 15 nitrogen and oxygen atoms in total. The van der Waals surface area contributed by atoms with Gasteiger partial charge in [-0.25, -0.2) is 9.59 Å². The van der Waals surface area contributed by atoms with Gasteiger partial charge < -0.3 is 19.3 Å². The number of carbonyl (C=O) groups excluding carboxylic acids is 1. The summed E-state index contributed by atoms with van der Waals surface area (Å²) < 4.78 is 19.0. The summed E-state index contributed by atoms with van der Waals surface area (Å²) in [5, 5.41) is 26.2. The highest BCUT2D eigenvalue weighted by Gasteiger charge is 2.29. The molecule has 0 bridgehead atoms. The van der Waals surface area contributed by atoms with Gasteiger partial charge in [0, 0.05) is 12.4 Å². The Balaban J connectivity index is 0.000000213. The maximum atomic E-state index is 11.8. The molecule has 0 radical (unpaired) electrons. The lowest BCUT2D eigenvalue weighted by molar-refractivity contribution is -0.152. The van der Waals surface area contributed by atoms with Crippen LogP contribution in [-0.4, -0.2) is 66.0 Å². The number of rotatable bonds is 8. The van der Waals surface area contributed by atoms with Crippen LogP contribution in [-0.2, 0) is 19.0 Å². The molecule has 2 aromatic heterocycles. The number of anilines is 2. The lowest BCUT2D eigenvalue weighted by Gasteiger charge is -2.16. The molecule has 204 valence electrons. The zero-order valence-electron chi connectivity index (χ0n) is 20.5. The van der Waals surface area contributed by atoms with Crippen LogP contribution in [0.2, 0.25) is 0 Å². The van der Waals surface area contributed by atoms with Gasteiger partial charge in [0.15, 0.2) is 11.6 Å². The first-order valence-corrected chi connectivity index (χ1v) is 11.8. The van der Waals surface area contributed by atoms with E-state index in [1.165, 1.54) is 33.7 Å². The third-order valence-electron chi connectivity index (χ3n) is 5.77. The first kappa shape index (κ1) is 28.2. The first-order valence-electron chi connectivity index (χ1n) is 11.8. The smallest absolute Gasteiger partial charge is 0.351 e. The molecule has 0 aliphatic carbocycles. The number of nitrogens with one attached hydrogen (secondary N) is 2. The zero-order valence-corrected chi connectivity index (χ0v) is 20.5. The van der Waals surface area contributed by atoms with Crippen LogP contribution in [0.3, 0.4) is 0 Å². The van der Waals surface area contributed by atoms with E-state index in [2.05, 4.69) is 9.97 Å². The maximum absolute atomic E-state index is 11.8. The van der Waals surface area contributed by atoms with E-state index >= 15 is 0 Å². The van der Waals surface area contributed by atoms with E-state index in [4.69, 9.17) is 29.7 Å². The molecule has 0 saturated carbocycles. The van der Waals surface area contributed by atoms with Gasteiger partial charge >= 0.3 is 17.3 Å². The number of hydrogen-bond acceptors (Lipinski definition) is 13. The van der Waals surface area contributed by atoms with Crippen molar-refractivity contribution in [2.24, 2.45) is 5.92 Å². The molecule has 2 fully saturated rings. The molecule has 2 aliphatic heterocycles. The summed E-state index contributed by atoms with van der Waals surface area (Å²) in [6.45, 7) is 3.67. The summed E-state index contributed by atoms with van der Waals surface area (Å²) in [5.74, 6) is -0.263. The van der Waals surface area contributed by atoms with Crippen molar-refractivity contribution < 1.29 is 34.5 Å². The van der Waals surface area contributed by atoms with Crippen molar-refractivity contribution >= 4 is 17.6 Å². The Bertz CT molecular complexity index is 1150. The Hall–Kier alpha value is -3.37. The molecule has 4 rings (SSSR count). The highest BCUT2D eigenvalue weighted by molar-refractivity contribution is 5.71. The predicted molar refractivity (Wildman–Crippen MR) is 127 cm³/mol. The van der Waals surface area contributed by atoms with Crippen molar-refractivity contribution in [3.8, 4) is 0 Å². The normalized spacial score (nSPS) is 22.9. The quantitative estimate of drug-likeness (QED) is 0.238. The Morgan fingerprint density at radius 3 is 1.86 bits per heavy atom. The fraction of sp³-hybridized carbons (Fsp3) is 0.591. The molecular formula is C22H32N6O9. The van der Waals surface area contributed by atoms with E-state index < -0.39 is 17.6 Å². The molecule has 37 heavy (non-hydrogen) atoms. The van der Waals surface area contributed by atoms with Crippen molar-refractivity contribution in [3.63, 3.8) is 0 Å². The zero-order chi connectivity index (χ0) is 26.9. The van der Waals surface area contributed by atoms with E-state index in [0.29, 0.717) is 25.7 Å². The lowest BCUT2D eigenvalue weighted by Crippen LogP contribution is -2.28. The molecule has 4 unspecified atom stereocenters. The van der Waals surface area contributed by atoms with Crippen LogP contribution in [0.4, 0.5) is 11.6 Å². The molecular weight excluding hydrogens is 492 g/mol. The lowest BCUT2D eigenvalue weighted by atomic mass is 10.2. The van der Waals surface area contributed by atoms with Crippen molar-refractivity contribution in [2.45, 2.75) is 64.2 Å². The molecule has 15 heteroatoms. The molecule has 4 atom stereocenters. The van der Waals surface area contributed by atoms with Gasteiger partial charge in [0.1, 0.15) is 19.1 Å². The average molecular weight is 525 g/mol. The Morgan fingerprint density at radius 1 is 0.973 bits per heavy atom. The monoisotopic (exact) mass is 524 g/mol. The standard InChI is InChI=1S/C13H19N3O5.C9H13N3O4/c1-8(2)12(17)20-7-9-3-4-11(21-9)16-6-5-10(15-19)14-13(16)18;13-5-6-1-2-8(16-6)12-4-3-7(11-15)10-9(12)14/h5-6,8-9,11,19H,3-4,7H2,1-2H3,(H,14,15,18);3-4,6,8,13,15H,1-2,5H2,(H,10,11,14). The molecule has 2 saturated heterocycles. The summed E-state index contributed by atoms with van der Waals surface area (Å²) >= 11 is 0. The fourth-order valence-corrected chi connectivity index (χ4v) is 3.77. The Kier molecular flexibility index (Phi) is 10.1. The van der Waals surface area contributed by atoms with Crippen LogP contribution < -0.4 is 22.3 Å². The number of nitrogens with zero attached hydrogens (tertiary/aromatic N) is 4. The summed E-state index contributed by atoms with van der Waals surface area (Å²) in [5.41, 5.74) is 2.60. The van der Waals surface area contributed by atoms with Gasteiger partial charge in [0.25, 0.3) is 0 Å². The highest BCUT2D eigenvalue weighted by Crippen LogP contribution is 2.28. The Morgan fingerprint density at radius 2 is 1.46 bits per heavy atom. The van der Waals surface area contributed by atoms with Crippen molar-refractivity contribution in [1.82, 2.24) is 19.1 Å². The van der Waals surface area contributed by atoms with Gasteiger partial charge in [0.05, 0.1) is 24.7 Å². The summed E-state index contributed by atoms with van der Waals surface area (Å²) in [6.07, 6.45) is 4.46. The number of aliphatic hydroxyl groups is 1. The third kappa shape index (κ3) is 7.56. The fourth-order valence-electron chi connectivity index (χ4n) is 3.77. The van der Waals surface area contributed by atoms with Crippen molar-refractivity contribution in [1.29, 1.82) is 0 Å². The van der Waals surface area contributed by atoms with Gasteiger partial charge in [-0.3, -0.25) is 35.3 Å². The van der Waals surface area contributed by atoms with Gasteiger partial charge in [-0.05, 0) is 37.8 Å². The van der Waals surface area contributed by atoms with Crippen LogP contribution >= 0.6 is 0 Å². The van der Waals surface area contributed by atoms with Gasteiger partial charge in [-0.2, -0.15) is 9.97 Å². The molecule has 4 heterocycles. The van der Waals surface area contributed by atoms with Crippen molar-refractivity contribution in [2.75, 3.05) is 24.2 Å². The van der Waals surface area contributed by atoms with E-state index in [1.54, 1.807) is 19.3 Å². The number of hydrogen-bond donors (Lipinski definition) is 5. The number of esters is 1. The summed E-state index contributed by atoms with van der Waals surface area (Å²) in [6, 6.07) is 2.94. The maximum Gasteiger partial charge on any atom is 0.351 e. The SMILES string of the molecule is CC(C)C(=O)OCC1CCC(n2ccc(NO)nc2=O)O1.O=c1nc(NO)ccn1C1CCC(CO)O1. The number of ether oxygens (including phenoxy) is 3. The minimum Gasteiger partial charge on any atom is -0.463 e.